The Morgan fingerprint density at radius 2 is 1.55 bits per heavy atom. The number of carbonyl (C=O) groups excluding carboxylic acids is 1. The first-order chi connectivity index (χ1) is 14.1. The third kappa shape index (κ3) is 4.60. The summed E-state index contributed by atoms with van der Waals surface area (Å²) >= 11 is 0. The van der Waals surface area contributed by atoms with E-state index < -0.39 is 0 Å². The number of benzene rings is 2. The number of tetrazole rings is 1. The number of nitrogens with zero attached hydrogens (tertiary/aromatic N) is 6. The summed E-state index contributed by atoms with van der Waals surface area (Å²) in [5, 5.41) is 15.1. The molecule has 1 aliphatic heterocycles. The highest BCUT2D eigenvalue weighted by Crippen LogP contribution is 2.14. The molecular formula is C21H25N7O. The number of nitrogens with one attached hydrogen (secondary N) is 1. The lowest BCUT2D eigenvalue weighted by Gasteiger charge is -2.34. The predicted molar refractivity (Wildman–Crippen MR) is 111 cm³/mol. The highest BCUT2D eigenvalue weighted by molar-refractivity contribution is 5.89. The van der Waals surface area contributed by atoms with Crippen LogP contribution in [0.3, 0.4) is 0 Å². The van der Waals surface area contributed by atoms with Crippen LogP contribution in [0.1, 0.15) is 17.0 Å². The maximum absolute atomic E-state index is 12.5. The van der Waals surface area contributed by atoms with Crippen LogP contribution in [0.25, 0.3) is 5.69 Å². The number of urea groups is 1. The van der Waals surface area contributed by atoms with E-state index in [4.69, 9.17) is 0 Å². The second kappa shape index (κ2) is 8.40. The van der Waals surface area contributed by atoms with Crippen molar-refractivity contribution >= 4 is 11.7 Å². The first kappa shape index (κ1) is 19.1. The first-order valence-electron chi connectivity index (χ1n) is 9.78. The quantitative estimate of drug-likeness (QED) is 0.740. The Hall–Kier alpha value is -3.26. The predicted octanol–water partition coefficient (Wildman–Crippen LogP) is 2.63. The van der Waals surface area contributed by atoms with Gasteiger partial charge in [-0.1, -0.05) is 35.4 Å². The molecule has 0 saturated carbocycles. The molecule has 2 amide bonds. The van der Waals surface area contributed by atoms with Gasteiger partial charge in [0.15, 0.2) is 5.82 Å². The van der Waals surface area contributed by atoms with Crippen LogP contribution in [-0.4, -0.2) is 62.2 Å². The van der Waals surface area contributed by atoms with Crippen LogP contribution < -0.4 is 5.32 Å². The first-order valence-corrected chi connectivity index (χ1v) is 9.78. The Balaban J connectivity index is 1.32. The normalized spacial score (nSPS) is 14.8. The molecule has 1 N–H and O–H groups in total. The van der Waals surface area contributed by atoms with Crippen LogP contribution in [-0.2, 0) is 6.54 Å². The highest BCUT2D eigenvalue weighted by atomic mass is 16.2. The van der Waals surface area contributed by atoms with Crippen molar-refractivity contribution in [3.05, 3.63) is 65.5 Å². The summed E-state index contributed by atoms with van der Waals surface area (Å²) < 4.78 is 1.77. The van der Waals surface area contributed by atoms with E-state index in [0.717, 1.165) is 30.3 Å². The summed E-state index contributed by atoms with van der Waals surface area (Å²) in [5.74, 6) is 0.798. The monoisotopic (exact) mass is 391 g/mol. The molecular weight excluding hydrogens is 366 g/mol. The molecule has 2 aromatic carbocycles. The number of hydrogen-bond donors (Lipinski definition) is 1. The minimum Gasteiger partial charge on any atom is -0.322 e. The molecule has 150 valence electrons. The van der Waals surface area contributed by atoms with Gasteiger partial charge in [0.25, 0.3) is 0 Å². The van der Waals surface area contributed by atoms with Gasteiger partial charge in [0.2, 0.25) is 0 Å². The van der Waals surface area contributed by atoms with Gasteiger partial charge in [-0.15, -0.1) is 5.10 Å². The average Bonchev–Trinajstić information content (AvgIpc) is 3.19. The maximum Gasteiger partial charge on any atom is 0.321 e. The second-order valence-electron chi connectivity index (χ2n) is 7.40. The summed E-state index contributed by atoms with van der Waals surface area (Å²) in [6.45, 7) is 7.63. The number of hydrogen-bond acceptors (Lipinski definition) is 5. The lowest BCUT2D eigenvalue weighted by molar-refractivity contribution is 0.140. The van der Waals surface area contributed by atoms with Crippen LogP contribution in [0.5, 0.6) is 0 Å². The standard InChI is InChI=1S/C21H25N7O/c1-16-3-7-18(8-4-16)22-21(29)27-13-11-26(12-14-27)15-20-23-24-25-28(20)19-9-5-17(2)6-10-19/h3-10H,11-15H2,1-2H3,(H,22,29). The zero-order valence-corrected chi connectivity index (χ0v) is 16.7. The lowest BCUT2D eigenvalue weighted by atomic mass is 10.2. The molecule has 0 radical (unpaired) electrons. The van der Waals surface area contributed by atoms with Crippen molar-refractivity contribution in [2.24, 2.45) is 0 Å². The smallest absolute Gasteiger partial charge is 0.321 e. The third-order valence-corrected chi connectivity index (χ3v) is 5.14. The second-order valence-corrected chi connectivity index (χ2v) is 7.40. The SMILES string of the molecule is Cc1ccc(NC(=O)N2CCN(Cc3nnnn3-c3ccc(C)cc3)CC2)cc1. The Morgan fingerprint density at radius 3 is 2.21 bits per heavy atom. The van der Waals surface area contributed by atoms with E-state index in [9.17, 15) is 4.79 Å². The van der Waals surface area contributed by atoms with Gasteiger partial charge in [-0.3, -0.25) is 4.90 Å². The third-order valence-electron chi connectivity index (χ3n) is 5.14. The van der Waals surface area contributed by atoms with Crippen LogP contribution in [0.15, 0.2) is 48.5 Å². The Labute approximate surface area is 170 Å². The van der Waals surface area contributed by atoms with E-state index >= 15 is 0 Å². The zero-order valence-electron chi connectivity index (χ0n) is 16.7. The average molecular weight is 391 g/mol. The summed E-state index contributed by atoms with van der Waals surface area (Å²) in [6, 6.07) is 15.9. The molecule has 0 spiro atoms. The lowest BCUT2D eigenvalue weighted by Crippen LogP contribution is -2.49. The van der Waals surface area contributed by atoms with Gasteiger partial charge in [0, 0.05) is 31.9 Å². The van der Waals surface area contributed by atoms with Gasteiger partial charge < -0.3 is 10.2 Å². The number of carbonyl (C=O) groups is 1. The summed E-state index contributed by atoms with van der Waals surface area (Å²) in [4.78, 5) is 16.6. The Morgan fingerprint density at radius 1 is 0.931 bits per heavy atom. The fraction of sp³-hybridized carbons (Fsp3) is 0.333. The van der Waals surface area contributed by atoms with E-state index in [-0.39, 0.29) is 6.03 Å². The van der Waals surface area contributed by atoms with Crippen LogP contribution in [0, 0.1) is 13.8 Å². The molecule has 8 nitrogen and oxygen atoms in total. The fourth-order valence-electron chi connectivity index (χ4n) is 3.34. The molecule has 1 aromatic heterocycles. The number of aryl methyl sites for hydroxylation is 2. The van der Waals surface area contributed by atoms with Crippen molar-refractivity contribution in [1.29, 1.82) is 0 Å². The van der Waals surface area contributed by atoms with Crippen LogP contribution in [0.4, 0.5) is 10.5 Å². The molecule has 3 aromatic rings. The fourth-order valence-corrected chi connectivity index (χ4v) is 3.34. The molecule has 0 aliphatic carbocycles. The minimum atomic E-state index is -0.0574. The molecule has 1 fully saturated rings. The van der Waals surface area contributed by atoms with Gasteiger partial charge in [0.05, 0.1) is 12.2 Å². The molecule has 1 saturated heterocycles. The van der Waals surface area contributed by atoms with Gasteiger partial charge in [-0.05, 0) is 48.5 Å². The molecule has 4 rings (SSSR count). The number of piperazine rings is 1. The van der Waals surface area contributed by atoms with E-state index in [1.807, 2.05) is 60.4 Å². The van der Waals surface area contributed by atoms with Crippen LogP contribution >= 0.6 is 0 Å². The topological polar surface area (TPSA) is 79.2 Å². The van der Waals surface area contributed by atoms with E-state index in [1.165, 1.54) is 11.1 Å². The number of anilines is 1. The molecule has 0 atom stereocenters. The minimum absolute atomic E-state index is 0.0574. The number of rotatable bonds is 4. The summed E-state index contributed by atoms with van der Waals surface area (Å²) in [5.41, 5.74) is 4.14. The van der Waals surface area contributed by atoms with E-state index in [1.54, 1.807) is 4.68 Å². The van der Waals surface area contributed by atoms with E-state index in [2.05, 4.69) is 32.7 Å². The van der Waals surface area contributed by atoms with Gasteiger partial charge in [-0.2, -0.15) is 4.68 Å². The summed E-state index contributed by atoms with van der Waals surface area (Å²) in [7, 11) is 0. The van der Waals surface area contributed by atoms with E-state index in [0.29, 0.717) is 19.6 Å². The largest absolute Gasteiger partial charge is 0.322 e. The zero-order chi connectivity index (χ0) is 20.2. The highest BCUT2D eigenvalue weighted by Gasteiger charge is 2.23. The van der Waals surface area contributed by atoms with Gasteiger partial charge in [0.1, 0.15) is 0 Å². The molecule has 1 aliphatic rings. The maximum atomic E-state index is 12.5. The molecule has 0 unspecified atom stereocenters. The van der Waals surface area contributed by atoms with Crippen LogP contribution in [0.2, 0.25) is 0 Å². The van der Waals surface area contributed by atoms with Crippen molar-refractivity contribution in [3.63, 3.8) is 0 Å². The van der Waals surface area contributed by atoms with Crippen molar-refractivity contribution in [2.75, 3.05) is 31.5 Å². The van der Waals surface area contributed by atoms with Crippen molar-refractivity contribution in [1.82, 2.24) is 30.0 Å². The molecule has 2 heterocycles. The Bertz CT molecular complexity index is 957. The van der Waals surface area contributed by atoms with Gasteiger partial charge >= 0.3 is 6.03 Å². The Kier molecular flexibility index (Phi) is 5.53. The van der Waals surface area contributed by atoms with Crippen molar-refractivity contribution in [3.8, 4) is 5.69 Å². The molecule has 8 heteroatoms. The van der Waals surface area contributed by atoms with Crippen molar-refractivity contribution < 1.29 is 4.79 Å². The van der Waals surface area contributed by atoms with Gasteiger partial charge in [-0.25, -0.2) is 4.79 Å². The number of amides is 2. The molecule has 29 heavy (non-hydrogen) atoms. The number of aromatic nitrogens is 4. The van der Waals surface area contributed by atoms with Crippen molar-refractivity contribution in [2.45, 2.75) is 20.4 Å². The summed E-state index contributed by atoms with van der Waals surface area (Å²) in [6.07, 6.45) is 0. The molecule has 0 bridgehead atoms.